The molecule has 0 heterocycles. The quantitative estimate of drug-likeness (QED) is 0.231. The summed E-state index contributed by atoms with van der Waals surface area (Å²) in [6.45, 7) is 8.11. The van der Waals surface area contributed by atoms with E-state index >= 15 is 0 Å². The largest absolute Gasteiger partial charge is 0.485 e. The van der Waals surface area contributed by atoms with Crippen LogP contribution in [0.25, 0.3) is 0 Å². The van der Waals surface area contributed by atoms with Crippen molar-refractivity contribution in [2.75, 3.05) is 46.1 Å². The molecule has 1 aromatic rings. The van der Waals surface area contributed by atoms with Gasteiger partial charge in [0, 0.05) is 32.2 Å². The predicted molar refractivity (Wildman–Crippen MR) is 101 cm³/mol. The number of benzene rings is 1. The molecule has 0 aliphatic rings. The second kappa shape index (κ2) is 11.3. The van der Waals surface area contributed by atoms with Crippen LogP contribution in [0.3, 0.4) is 0 Å². The first kappa shape index (κ1) is 25.1. The van der Waals surface area contributed by atoms with Gasteiger partial charge in [-0.05, 0) is 32.9 Å². The number of aliphatic hydroxyl groups excluding tert-OH is 1. The number of hydrogen-bond donors (Lipinski definition) is 2. The van der Waals surface area contributed by atoms with Crippen molar-refractivity contribution in [3.05, 3.63) is 33.9 Å². The highest BCUT2D eigenvalue weighted by Gasteiger charge is 2.33. The van der Waals surface area contributed by atoms with E-state index in [-0.39, 0.29) is 24.7 Å². The number of aliphatic hydroxyl groups is 1. The van der Waals surface area contributed by atoms with Crippen LogP contribution in [0.15, 0.2) is 18.2 Å². The van der Waals surface area contributed by atoms with Crippen molar-refractivity contribution in [1.29, 1.82) is 0 Å². The molecule has 0 bridgehead atoms. The molecule has 166 valence electrons. The van der Waals surface area contributed by atoms with Crippen LogP contribution in [0, 0.1) is 10.1 Å². The normalized spacial score (nSPS) is 12.4. The Morgan fingerprint density at radius 3 is 2.38 bits per heavy atom. The fraction of sp³-hybridized carbons (Fsp3) is 0.667. The summed E-state index contributed by atoms with van der Waals surface area (Å²) < 4.78 is 49.4. The number of nitrogens with zero attached hydrogens (tertiary/aromatic N) is 2. The maximum Gasteiger partial charge on any atom is 0.416 e. The second-order valence-corrected chi connectivity index (χ2v) is 7.25. The standard InChI is InChI=1S/C18H28F3N3O5/c1-17(2,3)29-11-9-23(7-6-22-13-25)8-10-28-16-5-4-14(18(19,20)21)12-15(16)24(26)27/h4-5,12,22,25H,6-11,13H2,1-3H3. The van der Waals surface area contributed by atoms with Crippen LogP contribution in [0.5, 0.6) is 5.75 Å². The number of ether oxygens (including phenoxy) is 2. The van der Waals surface area contributed by atoms with Crippen LogP contribution in [0.2, 0.25) is 0 Å². The van der Waals surface area contributed by atoms with E-state index in [9.17, 15) is 23.3 Å². The van der Waals surface area contributed by atoms with Crippen molar-refractivity contribution < 1.29 is 32.7 Å². The van der Waals surface area contributed by atoms with E-state index in [1.54, 1.807) is 0 Å². The van der Waals surface area contributed by atoms with Crippen LogP contribution in [-0.2, 0) is 10.9 Å². The lowest BCUT2D eigenvalue weighted by molar-refractivity contribution is -0.386. The average Bonchev–Trinajstić information content (AvgIpc) is 2.59. The molecule has 11 heteroatoms. The van der Waals surface area contributed by atoms with Crippen molar-refractivity contribution in [2.24, 2.45) is 0 Å². The van der Waals surface area contributed by atoms with Crippen molar-refractivity contribution in [3.63, 3.8) is 0 Å². The minimum Gasteiger partial charge on any atom is -0.485 e. The topological polar surface area (TPSA) is 97.1 Å². The fourth-order valence-corrected chi connectivity index (χ4v) is 2.38. The van der Waals surface area contributed by atoms with Gasteiger partial charge >= 0.3 is 11.9 Å². The van der Waals surface area contributed by atoms with E-state index < -0.39 is 22.4 Å². The van der Waals surface area contributed by atoms with Gasteiger partial charge in [0.2, 0.25) is 0 Å². The van der Waals surface area contributed by atoms with Crippen molar-refractivity contribution in [1.82, 2.24) is 10.2 Å². The molecular formula is C18H28F3N3O5. The first-order valence-electron chi connectivity index (χ1n) is 9.10. The maximum absolute atomic E-state index is 12.8. The molecule has 0 unspecified atom stereocenters. The molecule has 0 saturated heterocycles. The summed E-state index contributed by atoms with van der Waals surface area (Å²) in [6, 6.07) is 2.18. The number of nitrogens with one attached hydrogen (secondary N) is 1. The molecule has 8 nitrogen and oxygen atoms in total. The van der Waals surface area contributed by atoms with Gasteiger partial charge in [0.15, 0.2) is 5.75 Å². The van der Waals surface area contributed by atoms with E-state index in [1.807, 2.05) is 25.7 Å². The van der Waals surface area contributed by atoms with Crippen LogP contribution in [0.4, 0.5) is 18.9 Å². The second-order valence-electron chi connectivity index (χ2n) is 7.25. The van der Waals surface area contributed by atoms with Gasteiger partial charge in [-0.15, -0.1) is 0 Å². The molecule has 0 amide bonds. The molecule has 1 rings (SSSR count). The lowest BCUT2D eigenvalue weighted by Gasteiger charge is -2.25. The molecule has 2 N–H and O–H groups in total. The Hall–Kier alpha value is -1.95. The zero-order valence-electron chi connectivity index (χ0n) is 16.8. The first-order valence-corrected chi connectivity index (χ1v) is 9.10. The van der Waals surface area contributed by atoms with E-state index in [2.05, 4.69) is 5.32 Å². The van der Waals surface area contributed by atoms with Crippen molar-refractivity contribution in [2.45, 2.75) is 32.5 Å². The Morgan fingerprint density at radius 2 is 1.83 bits per heavy atom. The van der Waals surface area contributed by atoms with Crippen LogP contribution in [0.1, 0.15) is 26.3 Å². The van der Waals surface area contributed by atoms with E-state index in [1.165, 1.54) is 0 Å². The van der Waals surface area contributed by atoms with Gasteiger partial charge in [-0.2, -0.15) is 13.2 Å². The highest BCUT2D eigenvalue weighted by atomic mass is 19.4. The predicted octanol–water partition coefficient (Wildman–Crippen LogP) is 2.65. The van der Waals surface area contributed by atoms with Crippen LogP contribution >= 0.6 is 0 Å². The number of nitro groups is 1. The highest BCUT2D eigenvalue weighted by Crippen LogP contribution is 2.35. The minimum absolute atomic E-state index is 0.0425. The van der Waals surface area contributed by atoms with Crippen molar-refractivity contribution in [3.8, 4) is 5.75 Å². The summed E-state index contributed by atoms with van der Waals surface area (Å²) in [6.07, 6.45) is -4.67. The summed E-state index contributed by atoms with van der Waals surface area (Å²) in [5.74, 6) is -0.220. The Balaban J connectivity index is 2.70. The van der Waals surface area contributed by atoms with Gasteiger partial charge in [0.05, 0.1) is 29.4 Å². The van der Waals surface area contributed by atoms with Gasteiger partial charge in [0.25, 0.3) is 0 Å². The SMILES string of the molecule is CC(C)(C)OCCN(CCNCO)CCOc1ccc(C(F)(F)F)cc1[N+](=O)[O-]. The third-order valence-electron chi connectivity index (χ3n) is 3.81. The third kappa shape index (κ3) is 9.88. The lowest BCUT2D eigenvalue weighted by Crippen LogP contribution is -2.38. The lowest BCUT2D eigenvalue weighted by atomic mass is 10.2. The molecule has 0 aliphatic carbocycles. The number of nitro benzene ring substituents is 1. The molecule has 0 atom stereocenters. The van der Waals surface area contributed by atoms with Crippen LogP contribution in [-0.4, -0.2) is 66.7 Å². The summed E-state index contributed by atoms with van der Waals surface area (Å²) in [5.41, 5.74) is -2.14. The Morgan fingerprint density at radius 1 is 1.17 bits per heavy atom. The molecule has 0 fully saturated rings. The Bertz CT molecular complexity index is 651. The fourth-order valence-electron chi connectivity index (χ4n) is 2.38. The number of rotatable bonds is 12. The third-order valence-corrected chi connectivity index (χ3v) is 3.81. The van der Waals surface area contributed by atoms with Gasteiger partial charge in [-0.1, -0.05) is 0 Å². The summed E-state index contributed by atoms with van der Waals surface area (Å²) in [4.78, 5) is 12.2. The summed E-state index contributed by atoms with van der Waals surface area (Å²) >= 11 is 0. The minimum atomic E-state index is -4.67. The molecule has 29 heavy (non-hydrogen) atoms. The maximum atomic E-state index is 12.8. The number of halogens is 3. The summed E-state index contributed by atoms with van der Waals surface area (Å²) in [7, 11) is 0. The zero-order chi connectivity index (χ0) is 22.1. The van der Waals surface area contributed by atoms with E-state index in [0.717, 1.165) is 12.1 Å². The molecule has 0 radical (unpaired) electrons. The van der Waals surface area contributed by atoms with E-state index in [4.69, 9.17) is 14.6 Å². The average molecular weight is 423 g/mol. The molecule has 1 aromatic carbocycles. The first-order chi connectivity index (χ1) is 13.4. The molecule has 0 saturated carbocycles. The van der Waals surface area contributed by atoms with Crippen molar-refractivity contribution >= 4 is 5.69 Å². The number of hydrogen-bond acceptors (Lipinski definition) is 7. The van der Waals surface area contributed by atoms with E-state index in [0.29, 0.717) is 38.9 Å². The summed E-state index contributed by atoms with van der Waals surface area (Å²) in [5, 5.41) is 22.7. The molecule has 0 aliphatic heterocycles. The molecular weight excluding hydrogens is 395 g/mol. The van der Waals surface area contributed by atoms with Gasteiger partial charge in [0.1, 0.15) is 6.61 Å². The number of alkyl halides is 3. The van der Waals surface area contributed by atoms with Gasteiger partial charge < -0.3 is 14.6 Å². The van der Waals surface area contributed by atoms with Crippen LogP contribution < -0.4 is 10.1 Å². The monoisotopic (exact) mass is 423 g/mol. The Kier molecular flexibility index (Phi) is 9.77. The molecule has 0 spiro atoms. The van der Waals surface area contributed by atoms with Gasteiger partial charge in [-0.25, -0.2) is 0 Å². The molecule has 0 aromatic heterocycles. The smallest absolute Gasteiger partial charge is 0.416 e. The zero-order valence-corrected chi connectivity index (χ0v) is 16.8. The Labute approximate surface area is 167 Å². The highest BCUT2D eigenvalue weighted by molar-refractivity contribution is 5.49. The van der Waals surface area contributed by atoms with Gasteiger partial charge in [-0.3, -0.25) is 20.3 Å².